The molecule has 1 aliphatic heterocycles. The normalized spacial score (nSPS) is 18.8. The number of carbonyl (C=O) groups is 4. The van der Waals surface area contributed by atoms with Crippen molar-refractivity contribution in [2.75, 3.05) is 39.8 Å². The van der Waals surface area contributed by atoms with Crippen LogP contribution in [0.2, 0.25) is 0 Å². The molecular formula is C27H37N5O7. The minimum absolute atomic E-state index is 0.0895. The molecule has 2 bridgehead atoms. The predicted molar refractivity (Wildman–Crippen MR) is 142 cm³/mol. The molecule has 0 spiro atoms. The molecule has 1 aromatic heterocycles. The Hall–Kier alpha value is -4.09. The maximum absolute atomic E-state index is 13.2. The van der Waals surface area contributed by atoms with Gasteiger partial charge in [-0.2, -0.15) is 0 Å². The molecule has 212 valence electrons. The van der Waals surface area contributed by atoms with E-state index in [1.807, 2.05) is 13.8 Å². The Morgan fingerprint density at radius 1 is 1.08 bits per heavy atom. The van der Waals surface area contributed by atoms with Crippen LogP contribution in [-0.4, -0.2) is 89.6 Å². The molecular weight excluding hydrogens is 506 g/mol. The highest BCUT2D eigenvalue weighted by atomic mass is 16.5. The fourth-order valence-electron chi connectivity index (χ4n) is 4.10. The first-order valence-corrected chi connectivity index (χ1v) is 13.1. The third-order valence-corrected chi connectivity index (χ3v) is 6.31. The van der Waals surface area contributed by atoms with E-state index in [1.54, 1.807) is 29.8 Å². The molecule has 0 radical (unpaired) electrons. The summed E-state index contributed by atoms with van der Waals surface area (Å²) in [6.45, 7) is 6.62. The number of aromatic hydroxyl groups is 1. The van der Waals surface area contributed by atoms with E-state index in [2.05, 4.69) is 15.8 Å². The summed E-state index contributed by atoms with van der Waals surface area (Å²) in [5.74, 6) is -0.841. The molecule has 1 aliphatic rings. The second-order valence-electron chi connectivity index (χ2n) is 9.93. The van der Waals surface area contributed by atoms with Crippen molar-refractivity contribution in [3.8, 4) is 11.5 Å². The monoisotopic (exact) mass is 543 g/mol. The maximum atomic E-state index is 13.2. The van der Waals surface area contributed by atoms with Crippen LogP contribution in [0.15, 0.2) is 28.8 Å². The van der Waals surface area contributed by atoms with Crippen molar-refractivity contribution < 1.29 is 33.5 Å². The minimum atomic E-state index is -0.775. The van der Waals surface area contributed by atoms with E-state index in [0.717, 1.165) is 0 Å². The molecule has 12 heteroatoms. The quantitative estimate of drug-likeness (QED) is 0.519. The van der Waals surface area contributed by atoms with E-state index in [0.29, 0.717) is 44.7 Å². The average Bonchev–Trinajstić information content (AvgIpc) is 3.40. The van der Waals surface area contributed by atoms with Gasteiger partial charge in [0.25, 0.3) is 17.7 Å². The summed E-state index contributed by atoms with van der Waals surface area (Å²) in [6, 6.07) is 4.86. The number of nitrogens with zero attached hydrogens (tertiary/aromatic N) is 3. The fraction of sp³-hybridized carbons (Fsp3) is 0.519. The number of rotatable bonds is 2. The zero-order chi connectivity index (χ0) is 28.5. The predicted octanol–water partition coefficient (Wildman–Crippen LogP) is 1.90. The molecule has 39 heavy (non-hydrogen) atoms. The van der Waals surface area contributed by atoms with Gasteiger partial charge in [0.1, 0.15) is 23.3 Å². The van der Waals surface area contributed by atoms with Gasteiger partial charge >= 0.3 is 0 Å². The van der Waals surface area contributed by atoms with Crippen LogP contribution < -0.4 is 15.4 Å². The molecule has 0 aliphatic carbocycles. The number of phenolic OH excluding ortho intramolecular Hbond substituents is 1. The number of carbonyl (C=O) groups excluding carboxylic acids is 4. The van der Waals surface area contributed by atoms with Gasteiger partial charge in [-0.1, -0.05) is 19.0 Å². The molecule has 0 saturated heterocycles. The second kappa shape index (κ2) is 13.6. The van der Waals surface area contributed by atoms with Crippen LogP contribution in [0.1, 0.15) is 72.6 Å². The lowest BCUT2D eigenvalue weighted by Crippen LogP contribution is -2.47. The van der Waals surface area contributed by atoms with E-state index >= 15 is 0 Å². The number of hydrogen-bond acceptors (Lipinski definition) is 8. The number of hydrogen-bond donors (Lipinski definition) is 3. The Morgan fingerprint density at radius 3 is 2.51 bits per heavy atom. The number of aromatic nitrogens is 1. The van der Waals surface area contributed by atoms with Gasteiger partial charge in [0.15, 0.2) is 12.3 Å². The minimum Gasteiger partial charge on any atom is -0.508 e. The van der Waals surface area contributed by atoms with Crippen LogP contribution in [0.5, 0.6) is 11.5 Å². The third-order valence-electron chi connectivity index (χ3n) is 6.31. The zero-order valence-corrected chi connectivity index (χ0v) is 22.9. The summed E-state index contributed by atoms with van der Waals surface area (Å²) in [7, 11) is 1.66. The largest absolute Gasteiger partial charge is 0.508 e. The standard InChI is InChI=1S/C27H37N5O7/c1-17(2)23-15-22(30-39-23)27(37)32-10-6-5-9-31(4)26(36)18(3)29-24(34)16-38-21-13-19(12-20(33)14-21)25(35)28-8-7-11-32/h12-15,17-18,33H,5-11,16H2,1-4H3,(H,28,35)(H,29,34)/t18-/m0/s1. The number of amides is 4. The van der Waals surface area contributed by atoms with Crippen LogP contribution in [0.3, 0.4) is 0 Å². The van der Waals surface area contributed by atoms with E-state index < -0.39 is 17.9 Å². The van der Waals surface area contributed by atoms with Crippen molar-refractivity contribution in [3.63, 3.8) is 0 Å². The Morgan fingerprint density at radius 2 is 1.79 bits per heavy atom. The molecule has 2 heterocycles. The van der Waals surface area contributed by atoms with Gasteiger partial charge in [-0.15, -0.1) is 0 Å². The Kier molecular flexibility index (Phi) is 10.3. The van der Waals surface area contributed by atoms with Crippen molar-refractivity contribution in [2.45, 2.75) is 52.0 Å². The van der Waals surface area contributed by atoms with Crippen LogP contribution in [0, 0.1) is 0 Å². The summed E-state index contributed by atoms with van der Waals surface area (Å²) >= 11 is 0. The summed E-state index contributed by atoms with van der Waals surface area (Å²) in [6.07, 6.45) is 1.75. The smallest absolute Gasteiger partial charge is 0.276 e. The molecule has 0 saturated carbocycles. The summed E-state index contributed by atoms with van der Waals surface area (Å²) in [5.41, 5.74) is 0.378. The highest BCUT2D eigenvalue weighted by Gasteiger charge is 2.22. The zero-order valence-electron chi connectivity index (χ0n) is 22.9. The van der Waals surface area contributed by atoms with E-state index in [-0.39, 0.29) is 53.6 Å². The maximum Gasteiger partial charge on any atom is 0.276 e. The lowest BCUT2D eigenvalue weighted by molar-refractivity contribution is -0.135. The highest BCUT2D eigenvalue weighted by Crippen LogP contribution is 2.22. The first-order valence-electron chi connectivity index (χ1n) is 13.1. The Bertz CT molecular complexity index is 1180. The lowest BCUT2D eigenvalue weighted by atomic mass is 10.1. The molecule has 3 N–H and O–H groups in total. The fourth-order valence-corrected chi connectivity index (χ4v) is 4.10. The number of phenols is 1. The summed E-state index contributed by atoms with van der Waals surface area (Å²) in [5, 5.41) is 19.4. The lowest BCUT2D eigenvalue weighted by Gasteiger charge is -2.24. The van der Waals surface area contributed by atoms with Crippen molar-refractivity contribution in [1.29, 1.82) is 0 Å². The van der Waals surface area contributed by atoms with Crippen LogP contribution in [-0.2, 0) is 9.59 Å². The summed E-state index contributed by atoms with van der Waals surface area (Å²) in [4.78, 5) is 54.1. The van der Waals surface area contributed by atoms with Gasteiger partial charge in [-0.3, -0.25) is 19.2 Å². The van der Waals surface area contributed by atoms with Gasteiger partial charge in [0.05, 0.1) is 0 Å². The molecule has 0 fully saturated rings. The first kappa shape index (κ1) is 29.5. The number of fused-ring (bicyclic) bond motifs is 2. The molecule has 4 amide bonds. The SMILES string of the molecule is CC(C)c1cc(C(=O)N2CCCCN(C)C(=O)[C@H](C)NC(=O)COc3cc(O)cc(c3)C(=O)NCCC2)no1. The van der Waals surface area contributed by atoms with Crippen molar-refractivity contribution in [2.24, 2.45) is 0 Å². The number of benzene rings is 1. The third kappa shape index (κ3) is 8.45. The van der Waals surface area contributed by atoms with E-state index in [9.17, 15) is 24.3 Å². The van der Waals surface area contributed by atoms with E-state index in [1.165, 1.54) is 18.2 Å². The van der Waals surface area contributed by atoms with Crippen LogP contribution in [0.25, 0.3) is 0 Å². The highest BCUT2D eigenvalue weighted by molar-refractivity contribution is 5.95. The van der Waals surface area contributed by atoms with Crippen molar-refractivity contribution in [1.82, 2.24) is 25.6 Å². The Labute approximate surface area is 227 Å². The van der Waals surface area contributed by atoms with E-state index in [4.69, 9.17) is 9.26 Å². The van der Waals surface area contributed by atoms with Gasteiger partial charge in [-0.25, -0.2) is 0 Å². The average molecular weight is 544 g/mol. The summed E-state index contributed by atoms with van der Waals surface area (Å²) < 4.78 is 10.7. The van der Waals surface area contributed by atoms with Crippen LogP contribution >= 0.6 is 0 Å². The first-order chi connectivity index (χ1) is 18.5. The van der Waals surface area contributed by atoms with Gasteiger partial charge in [-0.05, 0) is 38.3 Å². The van der Waals surface area contributed by atoms with Crippen LogP contribution in [0.4, 0.5) is 0 Å². The molecule has 1 atom stereocenters. The topological polar surface area (TPSA) is 154 Å². The molecule has 3 rings (SSSR count). The number of nitrogens with one attached hydrogen (secondary N) is 2. The van der Waals surface area contributed by atoms with Crippen molar-refractivity contribution >= 4 is 23.6 Å². The molecule has 1 aromatic carbocycles. The Balaban J connectivity index is 1.76. The second-order valence-corrected chi connectivity index (χ2v) is 9.93. The van der Waals surface area contributed by atoms with Gasteiger partial charge < -0.3 is 34.8 Å². The molecule has 0 unspecified atom stereocenters. The molecule has 12 nitrogen and oxygen atoms in total. The van der Waals surface area contributed by atoms with Crippen molar-refractivity contribution in [3.05, 3.63) is 41.3 Å². The van der Waals surface area contributed by atoms with Gasteiger partial charge in [0.2, 0.25) is 5.91 Å². The number of likely N-dealkylation sites (N-methyl/N-ethyl adjacent to an activating group) is 1. The van der Waals surface area contributed by atoms with Gasteiger partial charge in [0, 0.05) is 56.8 Å². The molecule has 2 aromatic rings. The number of ether oxygens (including phenoxy) is 1.